The van der Waals surface area contributed by atoms with Crippen LogP contribution < -0.4 is 5.73 Å². The topological polar surface area (TPSA) is 63.6 Å². The largest absolute Gasteiger partial charge is 0.375 e. The van der Waals surface area contributed by atoms with Crippen LogP contribution in [0.5, 0.6) is 0 Å². The van der Waals surface area contributed by atoms with Gasteiger partial charge >= 0.3 is 0 Å². The van der Waals surface area contributed by atoms with Gasteiger partial charge in [0.15, 0.2) is 11.3 Å². The lowest BCUT2D eigenvalue weighted by Gasteiger charge is -1.96. The lowest BCUT2D eigenvalue weighted by molar-refractivity contribution is 0.774. The number of thiazole rings is 1. The maximum atomic E-state index is 5.48. The Morgan fingerprint density at radius 2 is 2.50 bits per heavy atom. The van der Waals surface area contributed by atoms with Crippen LogP contribution in [0.15, 0.2) is 15.4 Å². The Hall–Kier alpha value is -1.23. The first kappa shape index (κ1) is 7.42. The van der Waals surface area contributed by atoms with Gasteiger partial charge in [0, 0.05) is 5.38 Å². The van der Waals surface area contributed by atoms with E-state index >= 15 is 0 Å². The van der Waals surface area contributed by atoms with E-state index in [2.05, 4.69) is 21.2 Å². The molecule has 5 heteroatoms. The van der Waals surface area contributed by atoms with Gasteiger partial charge in [-0.05, 0) is 6.92 Å². The summed E-state index contributed by atoms with van der Waals surface area (Å²) < 4.78 is 0. The van der Waals surface area contributed by atoms with Crippen molar-refractivity contribution in [3.05, 3.63) is 11.1 Å². The van der Waals surface area contributed by atoms with Crippen molar-refractivity contribution in [2.75, 3.05) is 5.73 Å². The smallest absolute Gasteiger partial charge is 0.183 e. The summed E-state index contributed by atoms with van der Waals surface area (Å²) in [5.74, 6) is 0. The number of nitrogens with two attached hydrogens (primary N) is 1. The molecular formula is C7H7N4S. The quantitative estimate of drug-likeness (QED) is 0.702. The third-order valence-electron chi connectivity index (χ3n) is 1.47. The van der Waals surface area contributed by atoms with Crippen LogP contribution in [0.25, 0.3) is 0 Å². The van der Waals surface area contributed by atoms with Gasteiger partial charge in [-0.2, -0.15) is 0 Å². The molecule has 1 aliphatic heterocycles. The number of nitrogen functional groups attached to an aromatic ring is 1. The van der Waals surface area contributed by atoms with Crippen molar-refractivity contribution in [2.45, 2.75) is 13.1 Å². The minimum absolute atomic E-state index is 0.210. The molecular weight excluding hydrogens is 172 g/mol. The van der Waals surface area contributed by atoms with E-state index in [0.717, 1.165) is 11.4 Å². The molecule has 1 unspecified atom stereocenters. The molecule has 4 nitrogen and oxygen atoms in total. The second-order valence-corrected chi connectivity index (χ2v) is 3.33. The molecule has 1 aromatic rings. The SMILES string of the molecule is CC1=NC(c2csc(N)n2)N=[C]1. The van der Waals surface area contributed by atoms with Crippen LogP contribution in [0.2, 0.25) is 0 Å². The molecule has 0 spiro atoms. The molecule has 2 N–H and O–H groups in total. The zero-order valence-electron chi connectivity index (χ0n) is 6.48. The maximum absolute atomic E-state index is 5.48. The van der Waals surface area contributed by atoms with Gasteiger partial charge in [0.25, 0.3) is 0 Å². The molecule has 1 aromatic heterocycles. The predicted molar refractivity (Wildman–Crippen MR) is 49.8 cm³/mol. The number of hydrogen-bond acceptors (Lipinski definition) is 5. The van der Waals surface area contributed by atoms with Crippen LogP contribution in [-0.2, 0) is 0 Å². The highest BCUT2D eigenvalue weighted by Crippen LogP contribution is 2.24. The number of hydrogen-bond donors (Lipinski definition) is 1. The Balaban J connectivity index is 2.28. The highest BCUT2D eigenvalue weighted by Gasteiger charge is 2.15. The average molecular weight is 179 g/mol. The summed E-state index contributed by atoms with van der Waals surface area (Å²) in [5, 5.41) is 2.42. The van der Waals surface area contributed by atoms with Crippen molar-refractivity contribution in [1.82, 2.24) is 4.98 Å². The third-order valence-corrected chi connectivity index (χ3v) is 2.16. The Morgan fingerprint density at radius 3 is 3.00 bits per heavy atom. The van der Waals surface area contributed by atoms with Crippen LogP contribution >= 0.6 is 11.3 Å². The molecule has 0 aromatic carbocycles. The fourth-order valence-corrected chi connectivity index (χ4v) is 1.52. The van der Waals surface area contributed by atoms with E-state index in [1.807, 2.05) is 12.3 Å². The van der Waals surface area contributed by atoms with E-state index in [1.165, 1.54) is 11.3 Å². The van der Waals surface area contributed by atoms with Crippen LogP contribution in [0.3, 0.4) is 0 Å². The first-order valence-electron chi connectivity index (χ1n) is 3.47. The highest BCUT2D eigenvalue weighted by molar-refractivity contribution is 7.13. The number of rotatable bonds is 1. The molecule has 12 heavy (non-hydrogen) atoms. The minimum atomic E-state index is -0.210. The molecule has 2 rings (SSSR count). The summed E-state index contributed by atoms with van der Waals surface area (Å²) in [5.41, 5.74) is 7.10. The second-order valence-electron chi connectivity index (χ2n) is 2.44. The zero-order valence-corrected chi connectivity index (χ0v) is 7.30. The van der Waals surface area contributed by atoms with Crippen molar-refractivity contribution >= 4 is 28.4 Å². The summed E-state index contributed by atoms with van der Waals surface area (Å²) in [6.45, 7) is 1.86. The summed E-state index contributed by atoms with van der Waals surface area (Å²) >= 11 is 1.40. The Kier molecular flexibility index (Phi) is 1.65. The fourth-order valence-electron chi connectivity index (χ4n) is 0.947. The molecule has 1 radical (unpaired) electrons. The number of anilines is 1. The molecule has 0 saturated heterocycles. The van der Waals surface area contributed by atoms with Gasteiger partial charge in [-0.3, -0.25) is 4.99 Å². The van der Waals surface area contributed by atoms with E-state index < -0.39 is 0 Å². The molecule has 0 bridgehead atoms. The van der Waals surface area contributed by atoms with Crippen molar-refractivity contribution in [2.24, 2.45) is 9.98 Å². The van der Waals surface area contributed by atoms with Crippen LogP contribution in [-0.4, -0.2) is 16.9 Å². The van der Waals surface area contributed by atoms with Crippen molar-refractivity contribution in [3.63, 3.8) is 0 Å². The third kappa shape index (κ3) is 1.23. The van der Waals surface area contributed by atoms with Gasteiger partial charge in [-0.15, -0.1) is 11.3 Å². The van der Waals surface area contributed by atoms with E-state index in [4.69, 9.17) is 5.73 Å². The van der Waals surface area contributed by atoms with Gasteiger partial charge < -0.3 is 5.73 Å². The van der Waals surface area contributed by atoms with Gasteiger partial charge in [0.05, 0.1) is 5.71 Å². The van der Waals surface area contributed by atoms with Gasteiger partial charge in [-0.1, -0.05) is 0 Å². The maximum Gasteiger partial charge on any atom is 0.183 e. The van der Waals surface area contributed by atoms with Crippen molar-refractivity contribution in [1.29, 1.82) is 0 Å². The molecule has 2 heterocycles. The molecule has 0 saturated carbocycles. The normalized spacial score (nSPS) is 21.4. The number of nitrogens with zero attached hydrogens (tertiary/aromatic N) is 3. The number of aliphatic imine (C=N–C) groups is 2. The second kappa shape index (κ2) is 2.67. The molecule has 0 fully saturated rings. The molecule has 1 aliphatic rings. The molecule has 0 amide bonds. The van der Waals surface area contributed by atoms with E-state index in [0.29, 0.717) is 5.13 Å². The summed E-state index contributed by atoms with van der Waals surface area (Å²) in [6.07, 6.45) is 2.57. The summed E-state index contributed by atoms with van der Waals surface area (Å²) in [6, 6.07) is 0. The first-order valence-corrected chi connectivity index (χ1v) is 4.35. The highest BCUT2D eigenvalue weighted by atomic mass is 32.1. The van der Waals surface area contributed by atoms with Gasteiger partial charge in [-0.25, -0.2) is 9.98 Å². The average Bonchev–Trinajstić information content (AvgIpc) is 2.58. The van der Waals surface area contributed by atoms with Gasteiger partial charge in [0.2, 0.25) is 0 Å². The van der Waals surface area contributed by atoms with E-state index in [9.17, 15) is 0 Å². The van der Waals surface area contributed by atoms with Crippen LogP contribution in [0.4, 0.5) is 5.13 Å². The van der Waals surface area contributed by atoms with E-state index in [1.54, 1.807) is 0 Å². The number of aromatic nitrogens is 1. The standard InChI is InChI=1S/C7H7N4S/c1-4-2-9-6(10-4)5-3-12-7(8)11-5/h3,6H,1H3,(H2,8,11). The van der Waals surface area contributed by atoms with Crippen molar-refractivity contribution in [3.8, 4) is 0 Å². The summed E-state index contributed by atoms with van der Waals surface area (Å²) in [7, 11) is 0. The Morgan fingerprint density at radius 1 is 1.67 bits per heavy atom. The predicted octanol–water partition coefficient (Wildman–Crippen LogP) is 1.15. The first-order chi connectivity index (χ1) is 5.75. The van der Waals surface area contributed by atoms with E-state index in [-0.39, 0.29) is 6.17 Å². The zero-order chi connectivity index (χ0) is 8.55. The molecule has 1 atom stereocenters. The fraction of sp³-hybridized carbons (Fsp3) is 0.286. The van der Waals surface area contributed by atoms with Gasteiger partial charge in [0.1, 0.15) is 11.9 Å². The lowest BCUT2D eigenvalue weighted by Crippen LogP contribution is -1.90. The lowest BCUT2D eigenvalue weighted by atomic mass is 10.4. The monoisotopic (exact) mass is 179 g/mol. The molecule has 0 aliphatic carbocycles. The Labute approximate surface area is 73.9 Å². The van der Waals surface area contributed by atoms with Crippen molar-refractivity contribution < 1.29 is 0 Å². The minimum Gasteiger partial charge on any atom is -0.375 e. The summed E-state index contributed by atoms with van der Waals surface area (Å²) in [4.78, 5) is 12.3. The molecule has 61 valence electrons. The van der Waals surface area contributed by atoms with Crippen LogP contribution in [0.1, 0.15) is 18.8 Å². The van der Waals surface area contributed by atoms with Crippen LogP contribution in [0, 0.1) is 0 Å². The Bertz CT molecular complexity index is 352.